The van der Waals surface area contributed by atoms with Crippen molar-refractivity contribution in [3.8, 4) is 0 Å². The fourth-order valence-electron chi connectivity index (χ4n) is 2.30. The number of hydrogen-bond acceptors (Lipinski definition) is 2. The SMILES string of the molecule is O=C(Nc1cccc(N2CCNC2=O)c1)c1cccc(F)c1. The molecule has 2 aromatic rings. The third-order valence-corrected chi connectivity index (χ3v) is 3.36. The van der Waals surface area contributed by atoms with Crippen molar-refractivity contribution in [1.82, 2.24) is 5.32 Å². The monoisotopic (exact) mass is 299 g/mol. The van der Waals surface area contributed by atoms with Gasteiger partial charge in [0.05, 0.1) is 0 Å². The van der Waals surface area contributed by atoms with Crippen LogP contribution < -0.4 is 15.5 Å². The van der Waals surface area contributed by atoms with Crippen molar-refractivity contribution >= 4 is 23.3 Å². The molecule has 2 aromatic carbocycles. The highest BCUT2D eigenvalue weighted by Crippen LogP contribution is 2.21. The zero-order valence-corrected chi connectivity index (χ0v) is 11.7. The van der Waals surface area contributed by atoms with Gasteiger partial charge in [-0.05, 0) is 36.4 Å². The van der Waals surface area contributed by atoms with E-state index in [0.717, 1.165) is 0 Å². The summed E-state index contributed by atoms with van der Waals surface area (Å²) in [6.07, 6.45) is 0. The van der Waals surface area contributed by atoms with E-state index in [-0.39, 0.29) is 11.6 Å². The molecule has 1 fully saturated rings. The summed E-state index contributed by atoms with van der Waals surface area (Å²) >= 11 is 0. The first-order valence-corrected chi connectivity index (χ1v) is 6.86. The average Bonchev–Trinajstić information content (AvgIpc) is 2.94. The first-order chi connectivity index (χ1) is 10.6. The quantitative estimate of drug-likeness (QED) is 0.915. The zero-order valence-electron chi connectivity index (χ0n) is 11.7. The maximum Gasteiger partial charge on any atom is 0.321 e. The normalized spacial score (nSPS) is 13.9. The maximum absolute atomic E-state index is 13.1. The van der Waals surface area contributed by atoms with Gasteiger partial charge in [0, 0.05) is 30.0 Å². The van der Waals surface area contributed by atoms with Gasteiger partial charge in [-0.3, -0.25) is 9.69 Å². The highest BCUT2D eigenvalue weighted by Gasteiger charge is 2.21. The van der Waals surface area contributed by atoms with E-state index >= 15 is 0 Å². The molecule has 1 aliphatic heterocycles. The van der Waals surface area contributed by atoms with Crippen molar-refractivity contribution < 1.29 is 14.0 Å². The first-order valence-electron chi connectivity index (χ1n) is 6.86. The van der Waals surface area contributed by atoms with E-state index in [1.807, 2.05) is 0 Å². The summed E-state index contributed by atoms with van der Waals surface area (Å²) in [4.78, 5) is 25.3. The van der Waals surface area contributed by atoms with Gasteiger partial charge in [-0.2, -0.15) is 0 Å². The Morgan fingerprint density at radius 1 is 1.18 bits per heavy atom. The Morgan fingerprint density at radius 2 is 2.00 bits per heavy atom. The van der Waals surface area contributed by atoms with E-state index < -0.39 is 11.7 Å². The van der Waals surface area contributed by atoms with E-state index in [2.05, 4.69) is 10.6 Å². The molecule has 0 saturated carbocycles. The van der Waals surface area contributed by atoms with Crippen LogP contribution in [0.1, 0.15) is 10.4 Å². The Morgan fingerprint density at radius 3 is 2.73 bits per heavy atom. The van der Waals surface area contributed by atoms with Crippen molar-refractivity contribution in [1.29, 1.82) is 0 Å². The lowest BCUT2D eigenvalue weighted by molar-refractivity contribution is 0.102. The highest BCUT2D eigenvalue weighted by molar-refractivity contribution is 6.04. The lowest BCUT2D eigenvalue weighted by Gasteiger charge is -2.15. The van der Waals surface area contributed by atoms with Crippen molar-refractivity contribution in [2.45, 2.75) is 0 Å². The van der Waals surface area contributed by atoms with Gasteiger partial charge in [0.15, 0.2) is 0 Å². The van der Waals surface area contributed by atoms with Crippen LogP contribution in [0.4, 0.5) is 20.6 Å². The number of urea groups is 1. The Labute approximate surface area is 126 Å². The largest absolute Gasteiger partial charge is 0.336 e. The Balaban J connectivity index is 1.78. The van der Waals surface area contributed by atoms with Crippen LogP contribution in [0.15, 0.2) is 48.5 Å². The van der Waals surface area contributed by atoms with Gasteiger partial charge >= 0.3 is 6.03 Å². The standard InChI is InChI=1S/C16H14FN3O2/c17-12-4-1-3-11(9-12)15(21)19-13-5-2-6-14(10-13)20-8-7-18-16(20)22/h1-6,9-10H,7-8H2,(H,18,22)(H,19,21). The minimum absolute atomic E-state index is 0.159. The lowest BCUT2D eigenvalue weighted by atomic mass is 10.2. The third kappa shape index (κ3) is 2.90. The summed E-state index contributed by atoms with van der Waals surface area (Å²) in [5, 5.41) is 5.42. The molecule has 0 spiro atoms. The topological polar surface area (TPSA) is 61.4 Å². The molecule has 0 bridgehead atoms. The second kappa shape index (κ2) is 5.85. The van der Waals surface area contributed by atoms with Crippen molar-refractivity contribution in [3.63, 3.8) is 0 Å². The van der Waals surface area contributed by atoms with Crippen molar-refractivity contribution in [2.24, 2.45) is 0 Å². The molecule has 6 heteroatoms. The number of nitrogens with zero attached hydrogens (tertiary/aromatic N) is 1. The van der Waals surface area contributed by atoms with E-state index in [1.54, 1.807) is 29.2 Å². The molecule has 0 atom stereocenters. The van der Waals surface area contributed by atoms with Crippen LogP contribution in [0.25, 0.3) is 0 Å². The summed E-state index contributed by atoms with van der Waals surface area (Å²) in [7, 11) is 0. The number of nitrogens with one attached hydrogen (secondary N) is 2. The molecule has 0 unspecified atom stereocenters. The summed E-state index contributed by atoms with van der Waals surface area (Å²) in [6.45, 7) is 1.18. The molecule has 3 amide bonds. The first kappa shape index (κ1) is 14.1. The molecular formula is C16H14FN3O2. The molecule has 5 nitrogen and oxygen atoms in total. The predicted molar refractivity (Wildman–Crippen MR) is 81.5 cm³/mol. The molecule has 1 saturated heterocycles. The summed E-state index contributed by atoms with van der Waals surface area (Å²) in [5.74, 6) is -0.863. The van der Waals surface area contributed by atoms with Gasteiger partial charge in [-0.25, -0.2) is 9.18 Å². The van der Waals surface area contributed by atoms with Gasteiger partial charge in [-0.15, -0.1) is 0 Å². The van der Waals surface area contributed by atoms with Gasteiger partial charge in [0.1, 0.15) is 5.82 Å². The highest BCUT2D eigenvalue weighted by atomic mass is 19.1. The molecule has 112 valence electrons. The van der Waals surface area contributed by atoms with Crippen LogP contribution in [0.3, 0.4) is 0 Å². The number of benzene rings is 2. The van der Waals surface area contributed by atoms with Crippen LogP contribution in [-0.4, -0.2) is 25.0 Å². The molecule has 0 aromatic heterocycles. The molecule has 1 heterocycles. The summed E-state index contributed by atoms with van der Waals surface area (Å²) in [5.41, 5.74) is 1.49. The molecule has 0 aliphatic carbocycles. The van der Waals surface area contributed by atoms with Crippen LogP contribution in [0, 0.1) is 5.82 Å². The van der Waals surface area contributed by atoms with E-state index in [4.69, 9.17) is 0 Å². The van der Waals surface area contributed by atoms with Crippen LogP contribution in [-0.2, 0) is 0 Å². The van der Waals surface area contributed by atoms with Crippen LogP contribution in [0.5, 0.6) is 0 Å². The number of amides is 3. The number of carbonyl (C=O) groups is 2. The zero-order chi connectivity index (χ0) is 15.5. The molecule has 1 aliphatic rings. The number of halogens is 1. The Kier molecular flexibility index (Phi) is 3.74. The summed E-state index contributed by atoms with van der Waals surface area (Å²) < 4.78 is 13.1. The molecular weight excluding hydrogens is 285 g/mol. The predicted octanol–water partition coefficient (Wildman–Crippen LogP) is 2.61. The number of hydrogen-bond donors (Lipinski definition) is 2. The third-order valence-electron chi connectivity index (χ3n) is 3.36. The fourth-order valence-corrected chi connectivity index (χ4v) is 2.30. The van der Waals surface area contributed by atoms with Crippen LogP contribution >= 0.6 is 0 Å². The lowest BCUT2D eigenvalue weighted by Crippen LogP contribution is -2.27. The van der Waals surface area contributed by atoms with Crippen molar-refractivity contribution in [2.75, 3.05) is 23.3 Å². The summed E-state index contributed by atoms with van der Waals surface area (Å²) in [6, 6.07) is 12.3. The number of rotatable bonds is 3. The second-order valence-corrected chi connectivity index (χ2v) is 4.90. The van der Waals surface area contributed by atoms with Gasteiger partial charge in [-0.1, -0.05) is 12.1 Å². The molecule has 0 radical (unpaired) electrons. The van der Waals surface area contributed by atoms with Gasteiger partial charge in [0.2, 0.25) is 0 Å². The fraction of sp³-hybridized carbons (Fsp3) is 0.125. The second-order valence-electron chi connectivity index (χ2n) is 4.90. The Bertz CT molecular complexity index is 733. The number of carbonyl (C=O) groups excluding carboxylic acids is 2. The van der Waals surface area contributed by atoms with E-state index in [1.165, 1.54) is 24.3 Å². The number of anilines is 2. The van der Waals surface area contributed by atoms with Crippen LogP contribution in [0.2, 0.25) is 0 Å². The Hall–Kier alpha value is -2.89. The van der Waals surface area contributed by atoms with Gasteiger partial charge in [0.25, 0.3) is 5.91 Å². The average molecular weight is 299 g/mol. The molecule has 3 rings (SSSR count). The smallest absolute Gasteiger partial charge is 0.321 e. The molecule has 22 heavy (non-hydrogen) atoms. The van der Waals surface area contributed by atoms with E-state index in [9.17, 15) is 14.0 Å². The maximum atomic E-state index is 13.1. The van der Waals surface area contributed by atoms with E-state index in [0.29, 0.717) is 24.5 Å². The minimum atomic E-state index is -0.463. The van der Waals surface area contributed by atoms with Crippen molar-refractivity contribution in [3.05, 3.63) is 59.9 Å². The molecule has 2 N–H and O–H groups in total. The minimum Gasteiger partial charge on any atom is -0.336 e. The van der Waals surface area contributed by atoms with Gasteiger partial charge < -0.3 is 10.6 Å².